The Bertz CT molecular complexity index is 409. The quantitative estimate of drug-likeness (QED) is 0.315. The molecule has 26 heavy (non-hydrogen) atoms. The highest BCUT2D eigenvalue weighted by Gasteiger charge is 1.99. The lowest BCUT2D eigenvalue weighted by Gasteiger charge is -2.11. The number of quaternary nitrogens is 1. The average Bonchev–Trinajstić information content (AvgIpc) is 2.62. The first kappa shape index (κ1) is 25.2. The van der Waals surface area contributed by atoms with Gasteiger partial charge in [-0.2, -0.15) is 0 Å². The number of rotatable bonds is 16. The van der Waals surface area contributed by atoms with Crippen molar-refractivity contribution < 1.29 is 10.0 Å². The third-order valence-electron chi connectivity index (χ3n) is 5.08. The molecule has 0 fully saturated rings. The second kappa shape index (κ2) is 17.6. The van der Waals surface area contributed by atoms with E-state index in [9.17, 15) is 5.02 Å². The van der Waals surface area contributed by atoms with Crippen molar-refractivity contribution >= 4 is 12.6 Å². The zero-order chi connectivity index (χ0) is 18.2. The van der Waals surface area contributed by atoms with Crippen LogP contribution in [-0.4, -0.2) is 12.1 Å². The van der Waals surface area contributed by atoms with Crippen molar-refractivity contribution in [1.82, 2.24) is 6.15 Å². The highest BCUT2D eigenvalue weighted by molar-refractivity contribution is 6.56. The number of benzene rings is 1. The van der Waals surface area contributed by atoms with Gasteiger partial charge in [0.2, 0.25) is 7.12 Å². The highest BCUT2D eigenvalue weighted by atomic mass is 16.4. The van der Waals surface area contributed by atoms with Gasteiger partial charge in [-0.05, 0) is 18.4 Å². The highest BCUT2D eigenvalue weighted by Crippen LogP contribution is 2.13. The van der Waals surface area contributed by atoms with E-state index in [0.29, 0.717) is 5.46 Å². The Balaban J connectivity index is 0.00000625. The molecule has 3 nitrogen and oxygen atoms in total. The van der Waals surface area contributed by atoms with Crippen LogP contribution in [0.3, 0.4) is 0 Å². The molecule has 0 amide bonds. The van der Waals surface area contributed by atoms with Crippen molar-refractivity contribution in [2.75, 3.05) is 0 Å². The molecule has 1 aromatic carbocycles. The molecule has 0 aliphatic rings. The summed E-state index contributed by atoms with van der Waals surface area (Å²) in [5.41, 5.74) is 1.73. The summed E-state index contributed by atoms with van der Waals surface area (Å²) in [6, 6.07) is 7.44. The van der Waals surface area contributed by atoms with Crippen LogP contribution in [0, 0.1) is 0 Å². The maximum Gasteiger partial charge on any atom is 0.212 e. The van der Waals surface area contributed by atoms with Crippen LogP contribution in [0.5, 0.6) is 0 Å². The minimum absolute atomic E-state index is 0. The van der Waals surface area contributed by atoms with E-state index >= 15 is 0 Å². The van der Waals surface area contributed by atoms with Crippen molar-refractivity contribution in [3.05, 3.63) is 29.8 Å². The van der Waals surface area contributed by atoms with E-state index < -0.39 is 7.12 Å². The molecule has 1 rings (SSSR count). The van der Waals surface area contributed by atoms with Crippen molar-refractivity contribution in [1.29, 1.82) is 0 Å². The van der Waals surface area contributed by atoms with Crippen molar-refractivity contribution in [2.24, 2.45) is 0 Å². The molecule has 0 saturated carbocycles. The predicted octanol–water partition coefficient (Wildman–Crippen LogP) is 5.13. The molecule has 4 heteroatoms. The Morgan fingerprint density at radius 3 is 1.46 bits per heavy atom. The molecule has 0 bridgehead atoms. The molecule has 0 unspecified atom stereocenters. The van der Waals surface area contributed by atoms with E-state index in [1.165, 1.54) is 95.5 Å². The van der Waals surface area contributed by atoms with E-state index in [0.717, 1.165) is 6.42 Å². The Morgan fingerprint density at radius 1 is 0.692 bits per heavy atom. The van der Waals surface area contributed by atoms with Crippen LogP contribution in [0.25, 0.3) is 0 Å². The molecule has 150 valence electrons. The molecular formula is C22H42BNO2. The summed E-state index contributed by atoms with van der Waals surface area (Å²) in [5, 5.41) is 19.9. The third-order valence-corrected chi connectivity index (χ3v) is 5.08. The number of hydrogen-bond acceptors (Lipinski definition) is 2. The molecule has 0 spiro atoms. The standard InChI is InChI=1S/C22H38BO2.H3N/c1-2-3-4-5-6-7-8-9-10-11-12-13-14-15-16-21-17-19-22(20-18-21)23(24)25;/h17-20,24H,2-16H2,1H3;1H3/q-1;/p+1. The van der Waals surface area contributed by atoms with E-state index in [1.807, 2.05) is 12.1 Å². The van der Waals surface area contributed by atoms with E-state index in [2.05, 4.69) is 6.92 Å². The molecule has 0 aliphatic heterocycles. The number of unbranched alkanes of at least 4 members (excludes halogenated alkanes) is 13. The van der Waals surface area contributed by atoms with Gasteiger partial charge in [0.25, 0.3) is 0 Å². The summed E-state index contributed by atoms with van der Waals surface area (Å²) in [5.74, 6) is 0. The topological polar surface area (TPSA) is 79.8 Å². The molecule has 0 heterocycles. The largest absolute Gasteiger partial charge is 0.853 e. The van der Waals surface area contributed by atoms with E-state index in [4.69, 9.17) is 5.02 Å². The van der Waals surface area contributed by atoms with Gasteiger partial charge in [-0.1, -0.05) is 120 Å². The lowest BCUT2D eigenvalue weighted by molar-refractivity contribution is -0.211. The van der Waals surface area contributed by atoms with E-state index in [-0.39, 0.29) is 6.15 Å². The van der Waals surface area contributed by atoms with Crippen LogP contribution < -0.4 is 16.6 Å². The Hall–Kier alpha value is -0.835. The molecule has 0 aliphatic carbocycles. The molecule has 0 atom stereocenters. The SMILES string of the molecule is CCCCCCCCCCCCCCCCc1ccc(B([O-])O)cc1.[NH4+]. The molecule has 5 N–H and O–H groups in total. The molecule has 0 aromatic heterocycles. The normalized spacial score (nSPS) is 10.6. The van der Waals surface area contributed by atoms with Gasteiger partial charge in [0.1, 0.15) is 0 Å². The Kier molecular flexibility index (Phi) is 17.0. The predicted molar refractivity (Wildman–Crippen MR) is 114 cm³/mol. The van der Waals surface area contributed by atoms with Gasteiger partial charge in [-0.25, -0.2) is 0 Å². The molecule has 0 saturated heterocycles. The van der Waals surface area contributed by atoms with Crippen molar-refractivity contribution in [3.8, 4) is 0 Å². The number of hydrogen-bond donors (Lipinski definition) is 2. The molecular weight excluding hydrogens is 321 g/mol. The van der Waals surface area contributed by atoms with Gasteiger partial charge < -0.3 is 16.2 Å². The minimum Gasteiger partial charge on any atom is -0.853 e. The van der Waals surface area contributed by atoms with Gasteiger partial charge in [0, 0.05) is 0 Å². The third kappa shape index (κ3) is 13.4. The van der Waals surface area contributed by atoms with Gasteiger partial charge in [-0.15, -0.1) is 0 Å². The summed E-state index contributed by atoms with van der Waals surface area (Å²) in [7, 11) is -1.60. The fourth-order valence-corrected chi connectivity index (χ4v) is 3.37. The van der Waals surface area contributed by atoms with Gasteiger partial charge in [0.05, 0.1) is 0 Å². The van der Waals surface area contributed by atoms with Crippen LogP contribution in [0.4, 0.5) is 0 Å². The second-order valence-corrected chi connectivity index (χ2v) is 7.44. The van der Waals surface area contributed by atoms with Gasteiger partial charge >= 0.3 is 0 Å². The summed E-state index contributed by atoms with van der Waals surface area (Å²) in [6.07, 6.45) is 20.5. The Labute approximate surface area is 162 Å². The average molecular weight is 363 g/mol. The second-order valence-electron chi connectivity index (χ2n) is 7.44. The maximum absolute atomic E-state index is 10.9. The fourth-order valence-electron chi connectivity index (χ4n) is 3.37. The van der Waals surface area contributed by atoms with Crippen LogP contribution in [0.1, 0.15) is 102 Å². The first-order chi connectivity index (χ1) is 12.2. The van der Waals surface area contributed by atoms with Crippen LogP contribution >= 0.6 is 0 Å². The molecule has 1 aromatic rings. The number of aryl methyl sites for hydroxylation is 1. The van der Waals surface area contributed by atoms with Crippen LogP contribution in [0.15, 0.2) is 24.3 Å². The fraction of sp³-hybridized carbons (Fsp3) is 0.727. The van der Waals surface area contributed by atoms with Gasteiger partial charge in [-0.3, -0.25) is 0 Å². The smallest absolute Gasteiger partial charge is 0.212 e. The van der Waals surface area contributed by atoms with Gasteiger partial charge in [0.15, 0.2) is 0 Å². The first-order valence-corrected chi connectivity index (χ1v) is 10.7. The lowest BCUT2D eigenvalue weighted by atomic mass is 9.80. The maximum atomic E-state index is 10.9. The first-order valence-electron chi connectivity index (χ1n) is 10.7. The zero-order valence-electron chi connectivity index (χ0n) is 17.3. The Morgan fingerprint density at radius 2 is 1.08 bits per heavy atom. The van der Waals surface area contributed by atoms with Crippen LogP contribution in [-0.2, 0) is 6.42 Å². The zero-order valence-corrected chi connectivity index (χ0v) is 17.3. The minimum atomic E-state index is -1.60. The van der Waals surface area contributed by atoms with Crippen LogP contribution in [0.2, 0.25) is 0 Å². The summed E-state index contributed by atoms with van der Waals surface area (Å²) < 4.78 is 0. The summed E-state index contributed by atoms with van der Waals surface area (Å²) in [4.78, 5) is 0. The summed E-state index contributed by atoms with van der Waals surface area (Å²) in [6.45, 7) is 2.28. The lowest BCUT2D eigenvalue weighted by Crippen LogP contribution is -2.43. The van der Waals surface area contributed by atoms with Crippen molar-refractivity contribution in [2.45, 2.75) is 103 Å². The van der Waals surface area contributed by atoms with E-state index in [1.54, 1.807) is 12.1 Å². The monoisotopic (exact) mass is 363 g/mol. The molecule has 0 radical (unpaired) electrons. The summed E-state index contributed by atoms with van der Waals surface area (Å²) >= 11 is 0. The van der Waals surface area contributed by atoms with Crippen molar-refractivity contribution in [3.63, 3.8) is 0 Å².